The summed E-state index contributed by atoms with van der Waals surface area (Å²) in [7, 11) is 1.82. The molecule has 1 amide bonds. The molecule has 9 heteroatoms. The van der Waals surface area contributed by atoms with E-state index in [0.717, 1.165) is 24.2 Å². The van der Waals surface area contributed by atoms with Gasteiger partial charge in [0, 0.05) is 43.0 Å². The molecular weight excluding hydrogens is 464 g/mol. The molecule has 0 saturated carbocycles. The number of carbonyl (C=O) groups excluding carboxylic acids is 1. The largest absolute Gasteiger partial charge is 0.394 e. The number of hydrogen-bond donors (Lipinski definition) is 1. The zero-order valence-electron chi connectivity index (χ0n) is 16.0. The van der Waals surface area contributed by atoms with Crippen LogP contribution in [0.2, 0.25) is 0 Å². The molecule has 1 aromatic heterocycles. The van der Waals surface area contributed by atoms with Crippen LogP contribution in [0.5, 0.6) is 0 Å². The molecule has 0 bridgehead atoms. The van der Waals surface area contributed by atoms with Crippen molar-refractivity contribution in [1.29, 1.82) is 0 Å². The lowest BCUT2D eigenvalue weighted by molar-refractivity contribution is -0.132. The molecule has 3 heterocycles. The fraction of sp³-hybridized carbons (Fsp3) is 0.500. The molecule has 1 saturated heterocycles. The fourth-order valence-electron chi connectivity index (χ4n) is 4.63. The lowest BCUT2D eigenvalue weighted by Gasteiger charge is -2.23. The molecule has 0 unspecified atom stereocenters. The van der Waals surface area contributed by atoms with Gasteiger partial charge in [-0.05, 0) is 59.5 Å². The highest BCUT2D eigenvalue weighted by atomic mass is 79.9. The summed E-state index contributed by atoms with van der Waals surface area (Å²) in [5.41, 5.74) is 1.69. The number of amides is 1. The number of nitrogens with zero attached hydrogens (tertiary/aromatic N) is 3. The van der Waals surface area contributed by atoms with Gasteiger partial charge in [0.1, 0.15) is 11.6 Å². The molecule has 1 fully saturated rings. The second-order valence-corrected chi connectivity index (χ2v) is 8.97. The number of likely N-dealkylation sites (tertiary alicyclic amines) is 1. The summed E-state index contributed by atoms with van der Waals surface area (Å²) in [5, 5.41) is 9.51. The maximum atomic E-state index is 14.6. The SMILES string of the molecule is Cn1c(CC(=O)N2CCC[C@H]2CO)c2n(c1=S)C[C@H](c1c(F)ccc(Br)c1F)C2. The molecule has 0 spiro atoms. The van der Waals surface area contributed by atoms with Gasteiger partial charge in [-0.25, -0.2) is 8.78 Å². The van der Waals surface area contributed by atoms with E-state index in [1.54, 1.807) is 4.90 Å². The standard InChI is InChI=1S/C20H22BrF2N3O2S/c1-24-15(8-17(28)25-6-2-3-12(25)10-27)16-7-11(9-26(16)20(24)29)18-14(22)5-4-13(21)19(18)23/h4-5,11-12,27H,2-3,6-10H2,1H3/t11-,12+/m1/s1. The van der Waals surface area contributed by atoms with Crippen LogP contribution in [-0.4, -0.2) is 44.2 Å². The minimum absolute atomic E-state index is 0.0401. The Morgan fingerprint density at radius 2 is 2.14 bits per heavy atom. The third kappa shape index (κ3) is 3.47. The van der Waals surface area contributed by atoms with E-state index in [9.17, 15) is 18.7 Å². The van der Waals surface area contributed by atoms with Crippen molar-refractivity contribution in [3.63, 3.8) is 0 Å². The Morgan fingerprint density at radius 3 is 2.86 bits per heavy atom. The lowest BCUT2D eigenvalue weighted by atomic mass is 9.95. The highest BCUT2D eigenvalue weighted by Gasteiger charge is 2.34. The van der Waals surface area contributed by atoms with Crippen molar-refractivity contribution in [3.8, 4) is 0 Å². The predicted octanol–water partition coefficient (Wildman–Crippen LogP) is 3.46. The highest BCUT2D eigenvalue weighted by molar-refractivity contribution is 9.10. The molecule has 2 atom stereocenters. The predicted molar refractivity (Wildman–Crippen MR) is 110 cm³/mol. The topological polar surface area (TPSA) is 50.4 Å². The molecule has 4 rings (SSSR count). The van der Waals surface area contributed by atoms with E-state index in [2.05, 4.69) is 15.9 Å². The van der Waals surface area contributed by atoms with E-state index in [1.807, 2.05) is 16.2 Å². The summed E-state index contributed by atoms with van der Waals surface area (Å²) in [6.45, 7) is 0.979. The summed E-state index contributed by atoms with van der Waals surface area (Å²) in [4.78, 5) is 14.6. The first-order valence-electron chi connectivity index (χ1n) is 9.64. The minimum atomic E-state index is -0.587. The van der Waals surface area contributed by atoms with Gasteiger partial charge in [0.2, 0.25) is 5.91 Å². The van der Waals surface area contributed by atoms with Crippen LogP contribution in [0.25, 0.3) is 0 Å². The maximum absolute atomic E-state index is 14.6. The Morgan fingerprint density at radius 1 is 1.38 bits per heavy atom. The molecule has 29 heavy (non-hydrogen) atoms. The van der Waals surface area contributed by atoms with Crippen molar-refractivity contribution < 1.29 is 18.7 Å². The fourth-order valence-corrected chi connectivity index (χ4v) is 5.27. The molecule has 156 valence electrons. The number of benzene rings is 1. The van der Waals surface area contributed by atoms with Crippen molar-refractivity contribution in [2.45, 2.75) is 44.2 Å². The monoisotopic (exact) mass is 485 g/mol. The number of carbonyl (C=O) groups is 1. The van der Waals surface area contributed by atoms with Crippen LogP contribution in [0.3, 0.4) is 0 Å². The van der Waals surface area contributed by atoms with Crippen molar-refractivity contribution in [3.05, 3.63) is 50.0 Å². The Labute approximate surface area is 181 Å². The normalized spacial score (nSPS) is 21.1. The Hall–Kier alpha value is -1.58. The van der Waals surface area contributed by atoms with Gasteiger partial charge < -0.3 is 19.1 Å². The third-order valence-electron chi connectivity index (χ3n) is 6.14. The Bertz CT molecular complexity index is 1040. The minimum Gasteiger partial charge on any atom is -0.394 e. The van der Waals surface area contributed by atoms with Gasteiger partial charge in [-0.3, -0.25) is 4.79 Å². The molecule has 1 aromatic carbocycles. The van der Waals surface area contributed by atoms with Crippen LogP contribution >= 0.6 is 28.1 Å². The number of rotatable bonds is 4. The van der Waals surface area contributed by atoms with E-state index < -0.39 is 11.6 Å². The van der Waals surface area contributed by atoms with Crippen molar-refractivity contribution in [2.75, 3.05) is 13.2 Å². The van der Waals surface area contributed by atoms with Crippen LogP contribution in [-0.2, 0) is 31.2 Å². The lowest BCUT2D eigenvalue weighted by Crippen LogP contribution is -2.38. The molecule has 2 aliphatic heterocycles. The Kier molecular flexibility index (Phi) is 5.65. The van der Waals surface area contributed by atoms with Gasteiger partial charge >= 0.3 is 0 Å². The van der Waals surface area contributed by atoms with Crippen molar-refractivity contribution in [1.82, 2.24) is 14.0 Å². The smallest absolute Gasteiger partial charge is 0.228 e. The summed E-state index contributed by atoms with van der Waals surface area (Å²) >= 11 is 8.67. The average Bonchev–Trinajstić information content (AvgIpc) is 3.39. The van der Waals surface area contributed by atoms with E-state index >= 15 is 0 Å². The molecular formula is C20H22BrF2N3O2S. The van der Waals surface area contributed by atoms with E-state index in [0.29, 0.717) is 24.3 Å². The van der Waals surface area contributed by atoms with Gasteiger partial charge in [0.05, 0.1) is 23.5 Å². The van der Waals surface area contributed by atoms with E-state index in [1.165, 1.54) is 12.1 Å². The van der Waals surface area contributed by atoms with Gasteiger partial charge in [-0.15, -0.1) is 0 Å². The van der Waals surface area contributed by atoms with Gasteiger partial charge in [0.15, 0.2) is 4.77 Å². The third-order valence-corrected chi connectivity index (χ3v) is 7.25. The van der Waals surface area contributed by atoms with Crippen LogP contribution < -0.4 is 0 Å². The number of imidazole rings is 1. The average molecular weight is 486 g/mol. The number of aliphatic hydroxyl groups excluding tert-OH is 1. The maximum Gasteiger partial charge on any atom is 0.228 e. The summed E-state index contributed by atoms with van der Waals surface area (Å²) in [6, 6.07) is 2.49. The zero-order valence-corrected chi connectivity index (χ0v) is 18.4. The number of aromatic nitrogens is 2. The van der Waals surface area contributed by atoms with Crippen LogP contribution in [0.15, 0.2) is 16.6 Å². The number of halogens is 3. The number of aliphatic hydroxyl groups is 1. The molecule has 2 aromatic rings. The number of hydrogen-bond acceptors (Lipinski definition) is 3. The quantitative estimate of drug-likeness (QED) is 0.532. The van der Waals surface area contributed by atoms with Crippen LogP contribution in [0.4, 0.5) is 8.78 Å². The van der Waals surface area contributed by atoms with Gasteiger partial charge in [-0.2, -0.15) is 0 Å². The van der Waals surface area contributed by atoms with Gasteiger partial charge in [0.25, 0.3) is 0 Å². The summed E-state index contributed by atoms with van der Waals surface area (Å²) in [6.07, 6.45) is 2.26. The van der Waals surface area contributed by atoms with Crippen molar-refractivity contribution in [2.24, 2.45) is 7.05 Å². The molecule has 1 N–H and O–H groups in total. The molecule has 2 aliphatic rings. The second kappa shape index (κ2) is 7.92. The molecule has 0 aliphatic carbocycles. The first kappa shape index (κ1) is 20.7. The molecule has 0 radical (unpaired) electrons. The summed E-state index contributed by atoms with van der Waals surface area (Å²) in [5.74, 6) is -1.59. The van der Waals surface area contributed by atoms with E-state index in [-0.39, 0.29) is 40.9 Å². The van der Waals surface area contributed by atoms with Crippen LogP contribution in [0, 0.1) is 16.4 Å². The van der Waals surface area contributed by atoms with Gasteiger partial charge in [-0.1, -0.05) is 0 Å². The first-order valence-corrected chi connectivity index (χ1v) is 10.8. The second-order valence-electron chi connectivity index (χ2n) is 7.75. The number of fused-ring (bicyclic) bond motifs is 1. The highest BCUT2D eigenvalue weighted by Crippen LogP contribution is 2.37. The van der Waals surface area contributed by atoms with Crippen molar-refractivity contribution >= 4 is 34.1 Å². The molecule has 5 nitrogen and oxygen atoms in total. The van der Waals surface area contributed by atoms with E-state index in [4.69, 9.17) is 12.2 Å². The Balaban J connectivity index is 1.64. The summed E-state index contributed by atoms with van der Waals surface area (Å²) < 4.78 is 33.5. The first-order chi connectivity index (χ1) is 13.8. The zero-order chi connectivity index (χ0) is 20.9. The van der Waals surface area contributed by atoms with Crippen LogP contribution in [0.1, 0.15) is 35.7 Å².